The van der Waals surface area contributed by atoms with Gasteiger partial charge in [-0.3, -0.25) is 4.90 Å². The molecule has 0 aromatic carbocycles. The fourth-order valence-electron chi connectivity index (χ4n) is 3.83. The van der Waals surface area contributed by atoms with Gasteiger partial charge >= 0.3 is 6.09 Å². The van der Waals surface area contributed by atoms with Crippen LogP contribution in [0.5, 0.6) is 0 Å². The molecule has 0 radical (unpaired) electrons. The van der Waals surface area contributed by atoms with E-state index in [4.69, 9.17) is 21.9 Å². The molecule has 2 aliphatic rings. The Morgan fingerprint density at radius 2 is 2.00 bits per heavy atom. The topological polar surface area (TPSA) is 76.4 Å². The molecule has 8 nitrogen and oxygen atoms in total. The summed E-state index contributed by atoms with van der Waals surface area (Å²) in [5.41, 5.74) is 0.442. The third-order valence-corrected chi connectivity index (χ3v) is 6.32. The van der Waals surface area contributed by atoms with Gasteiger partial charge in [0.1, 0.15) is 11.4 Å². The highest BCUT2D eigenvalue weighted by Crippen LogP contribution is 2.39. The Labute approximate surface area is 180 Å². The summed E-state index contributed by atoms with van der Waals surface area (Å²) in [7, 11) is 0. The lowest BCUT2D eigenvalue weighted by atomic mass is 10.1. The molecular formula is C19H26N6O2S2. The number of thiocarbonyl (C=S) groups is 1. The molecule has 1 amide bonds. The second kappa shape index (κ2) is 7.32. The van der Waals surface area contributed by atoms with Crippen molar-refractivity contribution in [2.75, 3.05) is 18.0 Å². The van der Waals surface area contributed by atoms with E-state index < -0.39 is 5.60 Å². The lowest BCUT2D eigenvalue weighted by Crippen LogP contribution is -2.44. The average Bonchev–Trinajstić information content (AvgIpc) is 3.31. The first kappa shape index (κ1) is 20.2. The largest absolute Gasteiger partial charge is 0.444 e. The highest BCUT2D eigenvalue weighted by atomic mass is 32.1. The Bertz CT molecular complexity index is 961. The number of carbonyl (C=O) groups is 1. The highest BCUT2D eigenvalue weighted by Gasteiger charge is 2.38. The van der Waals surface area contributed by atoms with E-state index in [0.717, 1.165) is 52.5 Å². The summed E-state index contributed by atoms with van der Waals surface area (Å²) in [6, 6.07) is -0.188. The van der Waals surface area contributed by atoms with Gasteiger partial charge in [-0.25, -0.2) is 14.8 Å². The molecule has 10 heteroatoms. The molecule has 1 fully saturated rings. The monoisotopic (exact) mass is 434 g/mol. The van der Waals surface area contributed by atoms with Crippen molar-refractivity contribution in [2.24, 2.45) is 0 Å². The van der Waals surface area contributed by atoms with Crippen molar-refractivity contribution in [2.45, 2.75) is 65.6 Å². The summed E-state index contributed by atoms with van der Waals surface area (Å²) in [5.74, 6) is 2.36. The minimum absolute atomic E-state index is 0.188. The first-order valence-corrected chi connectivity index (χ1v) is 11.0. The van der Waals surface area contributed by atoms with Gasteiger partial charge in [-0.1, -0.05) is 12.2 Å². The first-order valence-electron chi connectivity index (χ1n) is 9.87. The van der Waals surface area contributed by atoms with Crippen LogP contribution in [0, 0.1) is 6.92 Å². The molecule has 4 rings (SSSR count). The third kappa shape index (κ3) is 3.75. The predicted molar refractivity (Wildman–Crippen MR) is 116 cm³/mol. The molecule has 0 N–H and O–H groups in total. The average molecular weight is 435 g/mol. The van der Waals surface area contributed by atoms with Gasteiger partial charge in [0.15, 0.2) is 16.6 Å². The molecule has 2 aromatic heterocycles. The number of imidazole rings is 1. The maximum atomic E-state index is 12.8. The summed E-state index contributed by atoms with van der Waals surface area (Å²) in [4.78, 5) is 27.1. The van der Waals surface area contributed by atoms with E-state index in [0.29, 0.717) is 13.1 Å². The molecule has 156 valence electrons. The van der Waals surface area contributed by atoms with Crippen molar-refractivity contribution in [1.82, 2.24) is 23.8 Å². The van der Waals surface area contributed by atoms with Gasteiger partial charge in [-0.05, 0) is 59.0 Å². The minimum Gasteiger partial charge on any atom is -0.444 e. The first-order chi connectivity index (χ1) is 13.7. The number of rotatable bonds is 2. The van der Waals surface area contributed by atoms with E-state index >= 15 is 0 Å². The second-order valence-corrected chi connectivity index (χ2v) is 9.66. The fraction of sp³-hybridized carbons (Fsp3) is 0.632. The SMILES string of the molecule is Cc1nsc(-c2nc(N3CCCC3=S)c3n2CCN(C(=O)OC(C)(C)C)[C@@H]3C)n1. The molecule has 2 aliphatic heterocycles. The van der Waals surface area contributed by atoms with Gasteiger partial charge in [0.25, 0.3) is 0 Å². The number of nitrogens with zero attached hydrogens (tertiary/aromatic N) is 6. The van der Waals surface area contributed by atoms with E-state index in [1.165, 1.54) is 11.5 Å². The van der Waals surface area contributed by atoms with Gasteiger partial charge < -0.3 is 14.2 Å². The summed E-state index contributed by atoms with van der Waals surface area (Å²) in [6.07, 6.45) is 1.60. The highest BCUT2D eigenvalue weighted by molar-refractivity contribution is 7.80. The quantitative estimate of drug-likeness (QED) is 0.662. The Kier molecular flexibility index (Phi) is 5.10. The predicted octanol–water partition coefficient (Wildman–Crippen LogP) is 3.95. The van der Waals surface area contributed by atoms with Crippen LogP contribution in [0.15, 0.2) is 0 Å². The number of ether oxygens (including phenoxy) is 1. The molecule has 1 atom stereocenters. The van der Waals surface area contributed by atoms with Gasteiger partial charge in [0, 0.05) is 19.6 Å². The van der Waals surface area contributed by atoms with Crippen molar-refractivity contribution in [3.63, 3.8) is 0 Å². The van der Waals surface area contributed by atoms with E-state index in [1.54, 1.807) is 4.90 Å². The van der Waals surface area contributed by atoms with E-state index in [-0.39, 0.29) is 12.1 Å². The fourth-order valence-corrected chi connectivity index (χ4v) is 4.82. The second-order valence-electron chi connectivity index (χ2n) is 8.44. The van der Waals surface area contributed by atoms with Crippen molar-refractivity contribution in [3.8, 4) is 10.8 Å². The van der Waals surface area contributed by atoms with E-state index in [2.05, 4.69) is 18.8 Å². The van der Waals surface area contributed by atoms with E-state index in [9.17, 15) is 4.79 Å². The zero-order valence-corrected chi connectivity index (χ0v) is 19.1. The Morgan fingerprint density at radius 1 is 1.24 bits per heavy atom. The lowest BCUT2D eigenvalue weighted by molar-refractivity contribution is 0.0128. The van der Waals surface area contributed by atoms with Crippen LogP contribution in [0.4, 0.5) is 10.6 Å². The van der Waals surface area contributed by atoms with Crippen molar-refractivity contribution in [1.29, 1.82) is 0 Å². The van der Waals surface area contributed by atoms with Gasteiger partial charge in [0.2, 0.25) is 0 Å². The number of aromatic nitrogens is 4. The summed E-state index contributed by atoms with van der Waals surface area (Å²) >= 11 is 6.94. The van der Waals surface area contributed by atoms with Gasteiger partial charge in [-0.2, -0.15) is 4.37 Å². The zero-order valence-electron chi connectivity index (χ0n) is 17.4. The number of aryl methyl sites for hydroxylation is 1. The van der Waals surface area contributed by atoms with Crippen LogP contribution in [0.2, 0.25) is 0 Å². The molecule has 4 heterocycles. The van der Waals surface area contributed by atoms with Crippen molar-refractivity contribution < 1.29 is 9.53 Å². The maximum absolute atomic E-state index is 12.8. The van der Waals surface area contributed by atoms with Crippen LogP contribution < -0.4 is 4.90 Å². The minimum atomic E-state index is -0.539. The number of anilines is 1. The van der Waals surface area contributed by atoms with Crippen LogP contribution in [0.3, 0.4) is 0 Å². The molecule has 0 spiro atoms. The van der Waals surface area contributed by atoms with E-state index in [1.807, 2.05) is 34.6 Å². The smallest absolute Gasteiger partial charge is 0.410 e. The van der Waals surface area contributed by atoms with Crippen LogP contribution in [-0.2, 0) is 11.3 Å². The van der Waals surface area contributed by atoms with Gasteiger partial charge in [-0.15, -0.1) is 0 Å². The summed E-state index contributed by atoms with van der Waals surface area (Å²) in [5, 5.41) is 0.790. The number of hydrogen-bond donors (Lipinski definition) is 0. The molecule has 0 bridgehead atoms. The van der Waals surface area contributed by atoms with Crippen LogP contribution in [0.1, 0.15) is 58.1 Å². The maximum Gasteiger partial charge on any atom is 0.410 e. The third-order valence-electron chi connectivity index (χ3n) is 5.09. The molecular weight excluding hydrogens is 408 g/mol. The molecule has 2 aromatic rings. The number of amides is 1. The Morgan fingerprint density at radius 3 is 2.59 bits per heavy atom. The molecule has 0 unspecified atom stereocenters. The van der Waals surface area contributed by atoms with Crippen LogP contribution in [0.25, 0.3) is 10.8 Å². The summed E-state index contributed by atoms with van der Waals surface area (Å²) < 4.78 is 12.1. The standard InChI is InChI=1S/C19H26N6O2S2/c1-11-14-15(24-8-6-7-13(24)28)21-16(17-20-12(2)22-29-17)25(14)10-9-23(11)18(26)27-19(3,4)5/h11H,6-10H2,1-5H3/t11-/m1/s1. The van der Waals surface area contributed by atoms with Crippen molar-refractivity contribution in [3.05, 3.63) is 11.5 Å². The number of fused-ring (bicyclic) bond motifs is 1. The van der Waals surface area contributed by atoms with Gasteiger partial charge in [0.05, 0.1) is 16.7 Å². The molecule has 0 aliphatic carbocycles. The molecule has 29 heavy (non-hydrogen) atoms. The van der Waals surface area contributed by atoms with Crippen LogP contribution in [-0.4, -0.2) is 53.6 Å². The Balaban J connectivity index is 1.77. The molecule has 0 saturated carbocycles. The number of hydrogen-bond acceptors (Lipinski definition) is 7. The number of carbonyl (C=O) groups excluding carboxylic acids is 1. The zero-order chi connectivity index (χ0) is 20.9. The normalized spacial score (nSPS) is 19.6. The Hall–Kier alpha value is -2.07. The molecule has 1 saturated heterocycles. The van der Waals surface area contributed by atoms with Crippen molar-refractivity contribution >= 4 is 40.6 Å². The summed E-state index contributed by atoms with van der Waals surface area (Å²) in [6.45, 7) is 11.6. The van der Waals surface area contributed by atoms with Crippen LogP contribution >= 0.6 is 23.8 Å². The lowest BCUT2D eigenvalue weighted by Gasteiger charge is -2.36.